The summed E-state index contributed by atoms with van der Waals surface area (Å²) in [6.07, 6.45) is 0. The third-order valence-electron chi connectivity index (χ3n) is 4.78. The minimum atomic E-state index is -0.145. The molecule has 3 nitrogen and oxygen atoms in total. The van der Waals surface area contributed by atoms with E-state index in [-0.39, 0.29) is 11.2 Å². The van der Waals surface area contributed by atoms with Gasteiger partial charge in [-0.3, -0.25) is 4.79 Å². The summed E-state index contributed by atoms with van der Waals surface area (Å²) in [6.45, 7) is 6.33. The van der Waals surface area contributed by atoms with E-state index in [9.17, 15) is 4.79 Å². The Bertz CT molecular complexity index is 1200. The Balaban J connectivity index is 1.85. The van der Waals surface area contributed by atoms with E-state index < -0.39 is 0 Å². The van der Waals surface area contributed by atoms with E-state index in [0.29, 0.717) is 23.3 Å². The van der Waals surface area contributed by atoms with E-state index in [1.54, 1.807) is 0 Å². The monoisotopic (exact) mass is 370 g/mol. The third kappa shape index (κ3) is 3.56. The normalized spacial score (nSPS) is 11.0. The third-order valence-corrected chi connectivity index (χ3v) is 4.78. The van der Waals surface area contributed by atoms with Crippen LogP contribution in [0.3, 0.4) is 0 Å². The number of benzene rings is 3. The number of ether oxygens (including phenoxy) is 1. The van der Waals surface area contributed by atoms with E-state index in [1.165, 1.54) is 0 Å². The first-order valence-electron chi connectivity index (χ1n) is 9.34. The molecule has 0 saturated heterocycles. The summed E-state index contributed by atoms with van der Waals surface area (Å²) in [6, 6.07) is 21.6. The largest absolute Gasteiger partial charge is 0.481 e. The van der Waals surface area contributed by atoms with Crippen LogP contribution in [0.5, 0.6) is 5.75 Å². The molecule has 0 saturated carbocycles. The van der Waals surface area contributed by atoms with Gasteiger partial charge in [0, 0.05) is 5.56 Å². The molecule has 0 unspecified atom stereocenters. The minimum Gasteiger partial charge on any atom is -0.481 e. The lowest BCUT2D eigenvalue weighted by Crippen LogP contribution is -2.10. The number of fused-ring (bicyclic) bond motifs is 1. The summed E-state index contributed by atoms with van der Waals surface area (Å²) >= 11 is 0. The number of aryl methyl sites for hydroxylation is 3. The molecule has 0 aliphatic carbocycles. The lowest BCUT2D eigenvalue weighted by Gasteiger charge is -2.12. The SMILES string of the molecule is Cc1ccc(-c2oc3ccc(C)cc3c(=O)c2OCc2cccc(C)c2)cc1. The highest BCUT2D eigenvalue weighted by Gasteiger charge is 2.18. The zero-order chi connectivity index (χ0) is 19.7. The van der Waals surface area contributed by atoms with Crippen molar-refractivity contribution in [3.63, 3.8) is 0 Å². The molecular weight excluding hydrogens is 348 g/mol. The molecule has 0 spiro atoms. The van der Waals surface area contributed by atoms with Crippen LogP contribution in [-0.2, 0) is 6.61 Å². The molecule has 0 aliphatic rings. The quantitative estimate of drug-likeness (QED) is 0.445. The van der Waals surface area contributed by atoms with Gasteiger partial charge in [0.2, 0.25) is 11.2 Å². The summed E-state index contributed by atoms with van der Waals surface area (Å²) in [5.41, 5.74) is 5.56. The maximum absolute atomic E-state index is 13.2. The second kappa shape index (κ2) is 7.35. The van der Waals surface area contributed by atoms with Crippen molar-refractivity contribution in [1.29, 1.82) is 0 Å². The summed E-state index contributed by atoms with van der Waals surface area (Å²) in [5.74, 6) is 0.720. The van der Waals surface area contributed by atoms with Crippen LogP contribution in [0, 0.1) is 20.8 Å². The van der Waals surface area contributed by atoms with E-state index in [2.05, 4.69) is 6.07 Å². The van der Waals surface area contributed by atoms with Crippen molar-refractivity contribution in [3.8, 4) is 17.1 Å². The molecule has 1 aromatic heterocycles. The van der Waals surface area contributed by atoms with Gasteiger partial charge in [0.1, 0.15) is 12.2 Å². The molecule has 0 fully saturated rings. The second-order valence-corrected chi connectivity index (χ2v) is 7.23. The fourth-order valence-electron chi connectivity index (χ4n) is 3.28. The molecule has 0 amide bonds. The van der Waals surface area contributed by atoms with Crippen LogP contribution in [0.25, 0.3) is 22.3 Å². The fraction of sp³-hybridized carbons (Fsp3) is 0.160. The first-order chi connectivity index (χ1) is 13.5. The predicted octanol–water partition coefficient (Wildman–Crippen LogP) is 5.96. The van der Waals surface area contributed by atoms with Crippen LogP contribution in [-0.4, -0.2) is 0 Å². The Kier molecular flexibility index (Phi) is 4.74. The van der Waals surface area contributed by atoms with Gasteiger partial charge in [-0.25, -0.2) is 0 Å². The minimum absolute atomic E-state index is 0.145. The van der Waals surface area contributed by atoms with Crippen molar-refractivity contribution >= 4 is 11.0 Å². The highest BCUT2D eigenvalue weighted by atomic mass is 16.5. The van der Waals surface area contributed by atoms with E-state index in [4.69, 9.17) is 9.15 Å². The van der Waals surface area contributed by atoms with Crippen molar-refractivity contribution in [3.05, 3.63) is 99.2 Å². The van der Waals surface area contributed by atoms with Crippen molar-refractivity contribution in [2.24, 2.45) is 0 Å². The van der Waals surface area contributed by atoms with Gasteiger partial charge in [-0.15, -0.1) is 0 Å². The van der Waals surface area contributed by atoms with E-state index >= 15 is 0 Å². The predicted molar refractivity (Wildman–Crippen MR) is 113 cm³/mol. The molecule has 0 atom stereocenters. The lowest BCUT2D eigenvalue weighted by atomic mass is 10.1. The zero-order valence-electron chi connectivity index (χ0n) is 16.3. The number of rotatable bonds is 4. The van der Waals surface area contributed by atoms with Gasteiger partial charge in [0.05, 0.1) is 5.39 Å². The second-order valence-electron chi connectivity index (χ2n) is 7.23. The Hall–Kier alpha value is -3.33. The molecule has 4 aromatic rings. The van der Waals surface area contributed by atoms with Crippen molar-refractivity contribution in [2.45, 2.75) is 27.4 Å². The molecule has 0 N–H and O–H groups in total. The summed E-state index contributed by atoms with van der Waals surface area (Å²) in [7, 11) is 0. The molecule has 3 aromatic carbocycles. The van der Waals surface area contributed by atoms with Crippen molar-refractivity contribution in [1.82, 2.24) is 0 Å². The van der Waals surface area contributed by atoms with Crippen molar-refractivity contribution < 1.29 is 9.15 Å². The highest BCUT2D eigenvalue weighted by molar-refractivity contribution is 5.82. The Morgan fingerprint density at radius 3 is 2.29 bits per heavy atom. The van der Waals surface area contributed by atoms with Crippen LogP contribution in [0.1, 0.15) is 22.3 Å². The van der Waals surface area contributed by atoms with Crippen LogP contribution >= 0.6 is 0 Å². The molecule has 28 heavy (non-hydrogen) atoms. The maximum atomic E-state index is 13.2. The smallest absolute Gasteiger partial charge is 0.235 e. The fourth-order valence-corrected chi connectivity index (χ4v) is 3.28. The standard InChI is InChI=1S/C25H22O3/c1-16-7-10-20(11-8-16)24-25(27-15-19-6-4-5-17(2)13-19)23(26)21-14-18(3)9-12-22(21)28-24/h4-14H,15H2,1-3H3. The molecule has 0 radical (unpaired) electrons. The van der Waals surface area contributed by atoms with Gasteiger partial charge in [-0.2, -0.15) is 0 Å². The summed E-state index contributed by atoms with van der Waals surface area (Å²) < 4.78 is 12.2. The average molecular weight is 370 g/mol. The summed E-state index contributed by atoms with van der Waals surface area (Å²) in [4.78, 5) is 13.2. The Morgan fingerprint density at radius 2 is 1.54 bits per heavy atom. The Labute approximate surface area is 164 Å². The van der Waals surface area contributed by atoms with Gasteiger partial charge in [0.25, 0.3) is 0 Å². The maximum Gasteiger partial charge on any atom is 0.235 e. The van der Waals surface area contributed by atoms with Gasteiger partial charge >= 0.3 is 0 Å². The van der Waals surface area contributed by atoms with Crippen LogP contribution in [0.2, 0.25) is 0 Å². The molecule has 140 valence electrons. The van der Waals surface area contributed by atoms with Crippen LogP contribution in [0.4, 0.5) is 0 Å². The highest BCUT2D eigenvalue weighted by Crippen LogP contribution is 2.32. The first kappa shape index (κ1) is 18.1. The van der Waals surface area contributed by atoms with Gasteiger partial charge in [0.15, 0.2) is 5.76 Å². The molecule has 4 rings (SSSR count). The van der Waals surface area contributed by atoms with E-state index in [1.807, 2.05) is 81.4 Å². The molecule has 0 bridgehead atoms. The zero-order valence-corrected chi connectivity index (χ0v) is 16.3. The van der Waals surface area contributed by atoms with Gasteiger partial charge in [-0.1, -0.05) is 71.3 Å². The first-order valence-corrected chi connectivity index (χ1v) is 9.34. The molecule has 1 heterocycles. The summed E-state index contributed by atoms with van der Waals surface area (Å²) in [5, 5.41) is 0.537. The molecular formula is C25H22O3. The van der Waals surface area contributed by atoms with Crippen molar-refractivity contribution in [2.75, 3.05) is 0 Å². The van der Waals surface area contributed by atoms with Gasteiger partial charge < -0.3 is 9.15 Å². The molecule has 0 aliphatic heterocycles. The average Bonchev–Trinajstić information content (AvgIpc) is 2.68. The van der Waals surface area contributed by atoms with Gasteiger partial charge in [-0.05, 0) is 38.5 Å². The number of hydrogen-bond donors (Lipinski definition) is 0. The van der Waals surface area contributed by atoms with Crippen LogP contribution < -0.4 is 10.2 Å². The number of hydrogen-bond acceptors (Lipinski definition) is 3. The lowest BCUT2D eigenvalue weighted by molar-refractivity contribution is 0.298. The topological polar surface area (TPSA) is 39.4 Å². The molecule has 3 heteroatoms. The van der Waals surface area contributed by atoms with E-state index in [0.717, 1.165) is 27.8 Å². The van der Waals surface area contributed by atoms with Crippen LogP contribution in [0.15, 0.2) is 75.9 Å². The Morgan fingerprint density at radius 1 is 0.821 bits per heavy atom.